The summed E-state index contributed by atoms with van der Waals surface area (Å²) in [6.45, 7) is 0. The van der Waals surface area contributed by atoms with Gasteiger partial charge in [0.05, 0.1) is 5.69 Å². The van der Waals surface area contributed by atoms with Crippen LogP contribution in [0.1, 0.15) is 0 Å². The summed E-state index contributed by atoms with van der Waals surface area (Å²) in [5.74, 6) is -43.1. The Kier molecular flexibility index (Phi) is 6.92. The Bertz CT molecular complexity index is 1070. The van der Waals surface area contributed by atoms with E-state index in [9.17, 15) is 66.3 Å². The van der Waals surface area contributed by atoms with Gasteiger partial charge in [-0.2, -0.15) is 43.9 Å². The van der Waals surface area contributed by atoms with E-state index in [0.29, 0.717) is 12.1 Å². The molecule has 0 saturated carbocycles. The number of rotatable bonds is 8. The van der Waals surface area contributed by atoms with Crippen molar-refractivity contribution in [2.24, 2.45) is 0 Å². The van der Waals surface area contributed by atoms with Crippen LogP contribution >= 0.6 is 11.3 Å². The summed E-state index contributed by atoms with van der Waals surface area (Å²) in [7, 11) is 0. The van der Waals surface area contributed by atoms with Crippen molar-refractivity contribution < 1.29 is 66.3 Å². The van der Waals surface area contributed by atoms with E-state index < -0.39 is 70.0 Å². The molecule has 0 aliphatic rings. The van der Waals surface area contributed by atoms with Crippen LogP contribution in [0.2, 0.25) is 0 Å². The average Bonchev–Trinajstić information content (AvgIpc) is 3.15. The minimum atomic E-state index is -7.87. The number of hydrogen-bond acceptors (Lipinski definition) is 3. The topological polar surface area (TPSA) is 42.0 Å². The van der Waals surface area contributed by atoms with Gasteiger partial charge in [-0.3, -0.25) is 10.1 Å². The number of benzene rings is 1. The van der Waals surface area contributed by atoms with Crippen molar-refractivity contribution in [1.82, 2.24) is 4.98 Å². The molecule has 1 heterocycles. The monoisotopic (exact) mass is 540 g/mol. The third-order valence-electron chi connectivity index (χ3n) is 4.09. The number of thiazole rings is 1. The minimum Gasteiger partial charge on any atom is -0.296 e. The summed E-state index contributed by atoms with van der Waals surface area (Å²) in [6, 6.07) is 1.83. The van der Waals surface area contributed by atoms with E-state index in [1.54, 1.807) is 0 Å². The first kappa shape index (κ1) is 27.6. The average molecular weight is 540 g/mol. The van der Waals surface area contributed by atoms with E-state index >= 15 is 0 Å². The van der Waals surface area contributed by atoms with Crippen LogP contribution in [0.5, 0.6) is 0 Å². The molecule has 190 valence electrons. The van der Waals surface area contributed by atoms with Gasteiger partial charge in [0, 0.05) is 17.0 Å². The van der Waals surface area contributed by atoms with Crippen molar-refractivity contribution >= 4 is 22.4 Å². The second-order valence-corrected chi connectivity index (χ2v) is 7.20. The number of anilines is 1. The van der Waals surface area contributed by atoms with Crippen LogP contribution in [0, 0.1) is 11.6 Å². The van der Waals surface area contributed by atoms with E-state index in [-0.39, 0.29) is 11.3 Å². The van der Waals surface area contributed by atoms with Gasteiger partial charge >= 0.3 is 41.9 Å². The van der Waals surface area contributed by atoms with Gasteiger partial charge in [-0.25, -0.2) is 22.5 Å². The number of hydrogen-bond donors (Lipinski definition) is 1. The number of carbonyl (C=O) groups excluding carboxylic acids is 1. The van der Waals surface area contributed by atoms with Gasteiger partial charge in [0.1, 0.15) is 11.6 Å². The van der Waals surface area contributed by atoms with Crippen LogP contribution in [0.3, 0.4) is 0 Å². The van der Waals surface area contributed by atoms with Gasteiger partial charge in [-0.05, 0) is 12.1 Å². The molecule has 0 spiro atoms. The summed E-state index contributed by atoms with van der Waals surface area (Å²) in [4.78, 5) is 14.8. The molecule has 34 heavy (non-hydrogen) atoms. The lowest BCUT2D eigenvalue weighted by Crippen LogP contribution is -2.70. The van der Waals surface area contributed by atoms with E-state index in [2.05, 4.69) is 4.98 Å². The van der Waals surface area contributed by atoms with Crippen LogP contribution in [-0.2, 0) is 4.79 Å². The molecule has 0 atom stereocenters. The van der Waals surface area contributed by atoms with E-state index in [4.69, 9.17) is 0 Å². The molecule has 0 aliphatic carbocycles. The van der Waals surface area contributed by atoms with E-state index in [1.165, 1.54) is 0 Å². The minimum absolute atomic E-state index is 0.0970. The quantitative estimate of drug-likeness (QED) is 0.391. The summed E-state index contributed by atoms with van der Waals surface area (Å²) in [5.41, 5.74) is -1.02. The fraction of sp³-hybridized carbons (Fsp3) is 0.375. The van der Waals surface area contributed by atoms with Crippen LogP contribution in [0.25, 0.3) is 11.3 Å². The number of nitrogens with one attached hydrogen (secondary N) is 1. The summed E-state index contributed by atoms with van der Waals surface area (Å²) >= 11 is 0.0970. The maximum absolute atomic E-state index is 13.8. The first-order valence-corrected chi connectivity index (χ1v) is 8.99. The molecule has 2 rings (SSSR count). The predicted molar refractivity (Wildman–Crippen MR) is 86.8 cm³/mol. The van der Waals surface area contributed by atoms with Gasteiger partial charge in [-0.1, -0.05) is 0 Å². The van der Waals surface area contributed by atoms with Crippen LogP contribution in [0.4, 0.5) is 66.6 Å². The molecule has 0 aliphatic heterocycles. The van der Waals surface area contributed by atoms with Gasteiger partial charge in [0.25, 0.3) is 0 Å². The standard InChI is InChI=1S/C16H6F14N2OS/c17-5-1-2-6(7(18)3-5)8-4-34-11(31-8)32-10(33)13(23,24)15(27,28)16(29,30)14(25,26)12(21,22)9(19)20/h1-4,9H,(H,31,32,33). The predicted octanol–water partition coefficient (Wildman–Crippen LogP) is 6.47. The van der Waals surface area contributed by atoms with Gasteiger partial charge in [-0.15, -0.1) is 11.3 Å². The molecule has 18 heteroatoms. The van der Waals surface area contributed by atoms with E-state index in [1.807, 2.05) is 0 Å². The zero-order chi connectivity index (χ0) is 26.5. The third-order valence-corrected chi connectivity index (χ3v) is 4.85. The molecule has 1 aromatic heterocycles. The molecule has 2 aromatic rings. The van der Waals surface area contributed by atoms with Crippen LogP contribution < -0.4 is 5.32 Å². The molecular weight excluding hydrogens is 534 g/mol. The Morgan fingerprint density at radius 3 is 1.94 bits per heavy atom. The first-order chi connectivity index (χ1) is 15.2. The second-order valence-electron chi connectivity index (χ2n) is 6.34. The molecule has 0 fully saturated rings. The molecule has 3 nitrogen and oxygen atoms in total. The van der Waals surface area contributed by atoms with Crippen LogP contribution in [-0.4, -0.2) is 46.9 Å². The smallest absolute Gasteiger partial charge is 0.296 e. The summed E-state index contributed by atoms with van der Waals surface area (Å²) < 4.78 is 185. The second kappa shape index (κ2) is 8.53. The number of carbonyl (C=O) groups is 1. The Labute approximate surface area is 182 Å². The van der Waals surface area contributed by atoms with Crippen LogP contribution in [0.15, 0.2) is 23.6 Å². The molecule has 0 radical (unpaired) electrons. The number of halogens is 14. The molecular formula is C16H6F14N2OS. The van der Waals surface area contributed by atoms with Gasteiger partial charge in [0.2, 0.25) is 0 Å². The molecule has 0 saturated heterocycles. The Morgan fingerprint density at radius 2 is 1.44 bits per heavy atom. The number of alkyl halides is 12. The number of aromatic nitrogens is 1. The highest BCUT2D eigenvalue weighted by molar-refractivity contribution is 7.14. The number of nitrogens with zero attached hydrogens (tertiary/aromatic N) is 1. The fourth-order valence-corrected chi connectivity index (χ4v) is 2.92. The molecule has 1 amide bonds. The highest BCUT2D eigenvalue weighted by Gasteiger charge is 2.89. The lowest BCUT2D eigenvalue weighted by molar-refractivity contribution is -0.406. The maximum Gasteiger partial charge on any atom is 0.393 e. The largest absolute Gasteiger partial charge is 0.393 e. The van der Waals surface area contributed by atoms with Gasteiger partial charge in [0.15, 0.2) is 5.13 Å². The Hall–Kier alpha value is -2.66. The Morgan fingerprint density at radius 1 is 0.882 bits per heavy atom. The zero-order valence-electron chi connectivity index (χ0n) is 15.4. The molecule has 0 unspecified atom stereocenters. The van der Waals surface area contributed by atoms with Crippen molar-refractivity contribution in [2.75, 3.05) is 5.32 Å². The van der Waals surface area contributed by atoms with Crippen molar-refractivity contribution in [1.29, 1.82) is 0 Å². The SMILES string of the molecule is O=C(Nc1nc(-c2ccc(F)cc2F)cs1)C(F)(F)C(F)(F)C(F)(F)C(F)(F)C(F)(F)C(F)F. The van der Waals surface area contributed by atoms with Gasteiger partial charge < -0.3 is 0 Å². The summed E-state index contributed by atoms with van der Waals surface area (Å²) in [6.07, 6.45) is -5.67. The van der Waals surface area contributed by atoms with Crippen molar-refractivity contribution in [3.05, 3.63) is 35.2 Å². The molecule has 1 N–H and O–H groups in total. The maximum atomic E-state index is 13.8. The Balaban J connectivity index is 2.36. The zero-order valence-corrected chi connectivity index (χ0v) is 16.3. The normalized spacial score (nSPS) is 14.0. The van der Waals surface area contributed by atoms with Crippen molar-refractivity contribution in [3.8, 4) is 11.3 Å². The lowest BCUT2D eigenvalue weighted by atomic mass is 9.94. The first-order valence-electron chi connectivity index (χ1n) is 8.11. The summed E-state index contributed by atoms with van der Waals surface area (Å²) in [5, 5.41) is 0.490. The van der Waals surface area contributed by atoms with Crippen molar-refractivity contribution in [2.45, 2.75) is 36.0 Å². The van der Waals surface area contributed by atoms with E-state index in [0.717, 1.165) is 16.8 Å². The highest BCUT2D eigenvalue weighted by atomic mass is 32.1. The molecule has 1 aromatic carbocycles. The number of amides is 1. The van der Waals surface area contributed by atoms with Crippen molar-refractivity contribution in [3.63, 3.8) is 0 Å². The third kappa shape index (κ3) is 4.15. The fourth-order valence-electron chi connectivity index (χ4n) is 2.21. The lowest BCUT2D eigenvalue weighted by Gasteiger charge is -2.38. The molecule has 0 bridgehead atoms. The highest BCUT2D eigenvalue weighted by Crippen LogP contribution is 2.58.